The van der Waals surface area contributed by atoms with Crippen molar-refractivity contribution >= 4 is 17.7 Å². The summed E-state index contributed by atoms with van der Waals surface area (Å²) in [6.07, 6.45) is 0.989. The van der Waals surface area contributed by atoms with Gasteiger partial charge in [-0.2, -0.15) is 0 Å². The normalized spacial score (nSPS) is 19.4. The van der Waals surface area contributed by atoms with Gasteiger partial charge in [0.2, 0.25) is 5.91 Å². The van der Waals surface area contributed by atoms with Crippen molar-refractivity contribution in [2.75, 3.05) is 19.6 Å². The van der Waals surface area contributed by atoms with Crippen LogP contribution in [0, 0.1) is 6.92 Å². The average molecular weight is 473 g/mol. The average Bonchev–Trinajstić information content (AvgIpc) is 2.76. The highest BCUT2D eigenvalue weighted by Crippen LogP contribution is 2.21. The first-order chi connectivity index (χ1) is 15.6. The van der Waals surface area contributed by atoms with E-state index in [2.05, 4.69) is 47.9 Å². The van der Waals surface area contributed by atoms with Crippen LogP contribution in [0.2, 0.25) is 0 Å². The second-order valence-corrected chi connectivity index (χ2v) is 10.4. The van der Waals surface area contributed by atoms with E-state index in [9.17, 15) is 9.59 Å². The fourth-order valence-corrected chi connectivity index (χ4v) is 4.96. The summed E-state index contributed by atoms with van der Waals surface area (Å²) >= 11 is 1.50. The Kier molecular flexibility index (Phi) is 8.73. The Bertz CT molecular complexity index is 983. The summed E-state index contributed by atoms with van der Waals surface area (Å²) in [4.78, 5) is 34.9. The fraction of sp³-hybridized carbons (Fsp3) is 0.560. The fourth-order valence-electron chi connectivity index (χ4n) is 4.10. The topological polar surface area (TPSA) is 87.3 Å². The van der Waals surface area contributed by atoms with E-state index in [0.29, 0.717) is 29.4 Å². The molecule has 0 unspecified atom stereocenters. The van der Waals surface area contributed by atoms with E-state index < -0.39 is 0 Å². The van der Waals surface area contributed by atoms with Crippen LogP contribution >= 0.6 is 11.8 Å². The molecule has 2 N–H and O–H groups in total. The molecule has 3 rings (SSSR count). The molecule has 0 spiro atoms. The lowest BCUT2D eigenvalue weighted by molar-refractivity contribution is -0.122. The van der Waals surface area contributed by atoms with Crippen molar-refractivity contribution in [2.45, 2.75) is 76.1 Å². The molecule has 0 radical (unpaired) electrons. The molecule has 0 bridgehead atoms. The predicted octanol–water partition coefficient (Wildman–Crippen LogP) is 3.31. The molecule has 0 saturated carbocycles. The zero-order valence-corrected chi connectivity index (χ0v) is 21.1. The van der Waals surface area contributed by atoms with E-state index in [1.54, 1.807) is 0 Å². The number of benzene rings is 1. The Balaban J connectivity index is 1.50. The van der Waals surface area contributed by atoms with Crippen molar-refractivity contribution in [2.24, 2.45) is 0 Å². The Morgan fingerprint density at radius 2 is 1.91 bits per heavy atom. The van der Waals surface area contributed by atoms with Crippen molar-refractivity contribution in [1.82, 2.24) is 20.2 Å². The molecule has 2 aromatic rings. The number of amides is 1. The van der Waals surface area contributed by atoms with E-state index in [1.165, 1.54) is 17.3 Å². The lowest BCUT2D eigenvalue weighted by Crippen LogP contribution is -2.58. The molecule has 7 nitrogen and oxygen atoms in total. The Labute approximate surface area is 200 Å². The summed E-state index contributed by atoms with van der Waals surface area (Å²) in [5.41, 5.74) is 2.09. The molecule has 1 aromatic carbocycles. The van der Waals surface area contributed by atoms with Crippen LogP contribution in [0.3, 0.4) is 0 Å². The Morgan fingerprint density at radius 3 is 2.55 bits per heavy atom. The first kappa shape index (κ1) is 25.5. The van der Waals surface area contributed by atoms with Gasteiger partial charge in [-0.15, -0.1) is 0 Å². The molecule has 33 heavy (non-hydrogen) atoms. The van der Waals surface area contributed by atoms with Gasteiger partial charge in [0.05, 0.1) is 12.2 Å². The smallest absolute Gasteiger partial charge is 0.254 e. The van der Waals surface area contributed by atoms with E-state index in [-0.39, 0.29) is 35.6 Å². The molecule has 1 saturated heterocycles. The van der Waals surface area contributed by atoms with Gasteiger partial charge in [-0.1, -0.05) is 42.1 Å². The molecule has 2 atom stereocenters. The third-order valence-corrected chi connectivity index (χ3v) is 6.96. The van der Waals surface area contributed by atoms with Gasteiger partial charge >= 0.3 is 0 Å². The molecule has 8 heteroatoms. The largest absolute Gasteiger partial charge is 0.373 e. The van der Waals surface area contributed by atoms with Crippen LogP contribution in [0.5, 0.6) is 0 Å². The summed E-state index contributed by atoms with van der Waals surface area (Å²) in [5.74, 6) is 0.681. The Morgan fingerprint density at radius 1 is 1.24 bits per heavy atom. The van der Waals surface area contributed by atoms with Gasteiger partial charge in [0.15, 0.2) is 5.16 Å². The number of nitrogens with zero attached hydrogens (tertiary/aromatic N) is 2. The maximum absolute atomic E-state index is 12.6. The van der Waals surface area contributed by atoms with Crippen LogP contribution < -0.4 is 10.9 Å². The number of hydrogen-bond donors (Lipinski definition) is 2. The van der Waals surface area contributed by atoms with Gasteiger partial charge in [-0.05, 0) is 46.6 Å². The summed E-state index contributed by atoms with van der Waals surface area (Å²) in [7, 11) is 0. The number of hydrogen-bond acceptors (Lipinski definition) is 6. The summed E-state index contributed by atoms with van der Waals surface area (Å²) in [6, 6.07) is 10.1. The van der Waals surface area contributed by atoms with Gasteiger partial charge < -0.3 is 15.0 Å². The molecule has 1 amide bonds. The SMILES string of the molecule is Cc1nc(SCc2ccccc2)[nH]c(=O)c1CCC(=O)NCC(C)(C)N1C[C@H](C)O[C@@H](C)C1. The quantitative estimate of drug-likeness (QED) is 0.430. The molecule has 1 fully saturated rings. The zero-order chi connectivity index (χ0) is 24.0. The number of nitrogens with one attached hydrogen (secondary N) is 2. The van der Waals surface area contributed by atoms with Crippen molar-refractivity contribution in [3.8, 4) is 0 Å². The number of rotatable bonds is 9. The standard InChI is InChI=1S/C25H36N4O3S/c1-17-13-29(14-18(2)32-17)25(4,5)16-26-22(30)12-11-21-19(3)27-24(28-23(21)31)33-15-20-9-7-6-8-10-20/h6-10,17-18H,11-16H2,1-5H3,(H,26,30)(H,27,28,31)/t17-,18-/m0/s1. The van der Waals surface area contributed by atoms with Gasteiger partial charge in [0.1, 0.15) is 0 Å². The number of ether oxygens (including phenoxy) is 1. The molecule has 2 heterocycles. The van der Waals surface area contributed by atoms with Crippen LogP contribution in [-0.4, -0.2) is 58.2 Å². The van der Waals surface area contributed by atoms with Crippen molar-refractivity contribution < 1.29 is 9.53 Å². The van der Waals surface area contributed by atoms with Crippen molar-refractivity contribution in [1.29, 1.82) is 0 Å². The summed E-state index contributed by atoms with van der Waals surface area (Å²) in [5, 5.41) is 3.65. The molecular formula is C25H36N4O3S. The highest BCUT2D eigenvalue weighted by Gasteiger charge is 2.33. The number of carbonyl (C=O) groups is 1. The summed E-state index contributed by atoms with van der Waals surface area (Å²) in [6.45, 7) is 12.5. The van der Waals surface area contributed by atoms with E-state index in [0.717, 1.165) is 18.8 Å². The molecule has 0 aliphatic carbocycles. The molecule has 1 aromatic heterocycles. The first-order valence-corrected chi connectivity index (χ1v) is 12.6. The minimum absolute atomic E-state index is 0.0567. The first-order valence-electron chi connectivity index (χ1n) is 11.6. The van der Waals surface area contributed by atoms with Crippen molar-refractivity contribution in [3.63, 3.8) is 0 Å². The van der Waals surface area contributed by atoms with Gasteiger partial charge in [0, 0.05) is 48.6 Å². The molecular weight excluding hydrogens is 436 g/mol. The highest BCUT2D eigenvalue weighted by molar-refractivity contribution is 7.98. The molecule has 180 valence electrons. The Hall–Kier alpha value is -2.16. The molecule has 1 aliphatic rings. The van der Waals surface area contributed by atoms with Gasteiger partial charge in [-0.25, -0.2) is 4.98 Å². The third-order valence-electron chi connectivity index (χ3n) is 6.01. The monoisotopic (exact) mass is 472 g/mol. The zero-order valence-electron chi connectivity index (χ0n) is 20.3. The minimum atomic E-state index is -0.172. The highest BCUT2D eigenvalue weighted by atomic mass is 32.2. The van der Waals surface area contributed by atoms with Crippen LogP contribution in [0.25, 0.3) is 0 Å². The number of carbonyl (C=O) groups excluding carboxylic acids is 1. The number of aromatic nitrogens is 2. The lowest BCUT2D eigenvalue weighted by Gasteiger charge is -2.45. The van der Waals surface area contributed by atoms with Crippen molar-refractivity contribution in [3.05, 3.63) is 57.5 Å². The second kappa shape index (κ2) is 11.3. The van der Waals surface area contributed by atoms with Gasteiger partial charge in [0.25, 0.3) is 5.56 Å². The maximum atomic E-state index is 12.6. The number of morpholine rings is 1. The van der Waals surface area contributed by atoms with Crippen LogP contribution in [-0.2, 0) is 21.7 Å². The number of H-pyrrole nitrogens is 1. The predicted molar refractivity (Wildman–Crippen MR) is 133 cm³/mol. The van der Waals surface area contributed by atoms with E-state index in [4.69, 9.17) is 4.74 Å². The summed E-state index contributed by atoms with van der Waals surface area (Å²) < 4.78 is 5.82. The van der Waals surface area contributed by atoms with Gasteiger partial charge in [-0.3, -0.25) is 14.5 Å². The van der Waals surface area contributed by atoms with E-state index in [1.807, 2.05) is 37.3 Å². The van der Waals surface area contributed by atoms with Crippen LogP contribution in [0.4, 0.5) is 0 Å². The number of aromatic amines is 1. The van der Waals surface area contributed by atoms with E-state index >= 15 is 0 Å². The minimum Gasteiger partial charge on any atom is -0.373 e. The van der Waals surface area contributed by atoms with Crippen LogP contribution in [0.15, 0.2) is 40.3 Å². The number of thioether (sulfide) groups is 1. The second-order valence-electron chi connectivity index (χ2n) is 9.46. The van der Waals surface area contributed by atoms with Crippen LogP contribution in [0.1, 0.15) is 50.9 Å². The maximum Gasteiger partial charge on any atom is 0.254 e. The molecule has 1 aliphatic heterocycles. The number of aryl methyl sites for hydroxylation is 1. The lowest BCUT2D eigenvalue weighted by atomic mass is 10.00. The third kappa shape index (κ3) is 7.42.